The van der Waals surface area contributed by atoms with E-state index in [2.05, 4.69) is 6.92 Å². The molecular weight excluding hydrogens is 139 g/mol. The molecule has 0 aliphatic heterocycles. The van der Waals surface area contributed by atoms with E-state index in [9.17, 15) is 4.39 Å². The first kappa shape index (κ1) is 7.08. The Morgan fingerprint density at radius 1 is 1.36 bits per heavy atom. The molecule has 2 aliphatic carbocycles. The Morgan fingerprint density at radius 3 is 2.55 bits per heavy atom. The fourth-order valence-corrected chi connectivity index (χ4v) is 1.78. The zero-order valence-electron chi connectivity index (χ0n) is 6.81. The highest BCUT2D eigenvalue weighted by molar-refractivity contribution is 5.26. The van der Waals surface area contributed by atoms with Gasteiger partial charge in [0.1, 0.15) is 5.83 Å². The van der Waals surface area contributed by atoms with Crippen LogP contribution >= 0.6 is 0 Å². The molecule has 0 saturated heterocycles. The predicted molar refractivity (Wildman–Crippen MR) is 43.8 cm³/mol. The van der Waals surface area contributed by atoms with Gasteiger partial charge in [0, 0.05) is 6.42 Å². The molecule has 0 nitrogen and oxygen atoms in total. The van der Waals surface area contributed by atoms with Crippen molar-refractivity contribution in [2.75, 3.05) is 0 Å². The number of allylic oxidation sites excluding steroid dienone is 4. The summed E-state index contributed by atoms with van der Waals surface area (Å²) in [7, 11) is 0. The highest BCUT2D eigenvalue weighted by Crippen LogP contribution is 2.46. The van der Waals surface area contributed by atoms with Gasteiger partial charge in [-0.25, -0.2) is 4.39 Å². The zero-order valence-corrected chi connectivity index (χ0v) is 6.81. The molecule has 0 aromatic heterocycles. The molecule has 0 radical (unpaired) electrons. The monoisotopic (exact) mass is 152 g/mol. The Morgan fingerprint density at radius 2 is 2.09 bits per heavy atom. The van der Waals surface area contributed by atoms with Crippen LogP contribution in [0.1, 0.15) is 26.2 Å². The number of hydrogen-bond acceptors (Lipinski definition) is 0. The minimum atomic E-state index is 0.0436. The van der Waals surface area contributed by atoms with E-state index in [1.165, 1.54) is 12.0 Å². The Kier molecular flexibility index (Phi) is 1.59. The van der Waals surface area contributed by atoms with Crippen molar-refractivity contribution in [3.63, 3.8) is 0 Å². The predicted octanol–water partition coefficient (Wildman–Crippen LogP) is 3.22. The molecule has 0 spiro atoms. The summed E-state index contributed by atoms with van der Waals surface area (Å²) >= 11 is 0. The number of rotatable bonds is 1. The van der Waals surface area contributed by atoms with Crippen molar-refractivity contribution >= 4 is 0 Å². The first-order valence-corrected chi connectivity index (χ1v) is 4.32. The fraction of sp³-hybridized carbons (Fsp3) is 0.600. The van der Waals surface area contributed by atoms with E-state index in [1.54, 1.807) is 6.08 Å². The van der Waals surface area contributed by atoms with Gasteiger partial charge in [-0.15, -0.1) is 0 Å². The normalized spacial score (nSPS) is 36.2. The van der Waals surface area contributed by atoms with Crippen LogP contribution in [-0.2, 0) is 0 Å². The lowest BCUT2D eigenvalue weighted by atomic mass is 9.99. The van der Waals surface area contributed by atoms with Crippen molar-refractivity contribution < 1.29 is 4.39 Å². The molecule has 0 amide bonds. The van der Waals surface area contributed by atoms with Gasteiger partial charge in [0.2, 0.25) is 0 Å². The third-order valence-electron chi connectivity index (χ3n) is 2.72. The maximum Gasteiger partial charge on any atom is 0.100 e. The lowest BCUT2D eigenvalue weighted by Gasteiger charge is -2.08. The zero-order chi connectivity index (χ0) is 7.84. The van der Waals surface area contributed by atoms with Crippen LogP contribution < -0.4 is 0 Å². The summed E-state index contributed by atoms with van der Waals surface area (Å²) in [6.45, 7) is 2.26. The van der Waals surface area contributed by atoms with Crippen molar-refractivity contribution in [3.05, 3.63) is 23.6 Å². The molecule has 11 heavy (non-hydrogen) atoms. The first-order chi connectivity index (χ1) is 5.27. The second-order valence-electron chi connectivity index (χ2n) is 3.67. The minimum Gasteiger partial charge on any atom is -0.212 e. The maximum atomic E-state index is 12.6. The van der Waals surface area contributed by atoms with Crippen LogP contribution in [0.25, 0.3) is 0 Å². The molecule has 1 saturated carbocycles. The van der Waals surface area contributed by atoms with Crippen LogP contribution in [0.2, 0.25) is 0 Å². The molecule has 2 unspecified atom stereocenters. The Balaban J connectivity index is 2.05. The maximum absolute atomic E-state index is 12.6. The second-order valence-corrected chi connectivity index (χ2v) is 3.67. The Labute approximate surface area is 66.8 Å². The molecule has 2 aliphatic rings. The molecule has 2 rings (SSSR count). The summed E-state index contributed by atoms with van der Waals surface area (Å²) in [5.41, 5.74) is 1.47. The molecule has 0 aromatic rings. The van der Waals surface area contributed by atoms with Crippen molar-refractivity contribution in [1.29, 1.82) is 0 Å². The molecule has 1 heteroatoms. The number of hydrogen-bond donors (Lipinski definition) is 0. The Hall–Kier alpha value is -0.590. The van der Waals surface area contributed by atoms with E-state index in [1.807, 2.05) is 6.08 Å². The Bertz CT molecular complexity index is 225. The van der Waals surface area contributed by atoms with Crippen LogP contribution in [0.3, 0.4) is 0 Å². The third kappa shape index (κ3) is 1.37. The molecule has 0 aromatic carbocycles. The highest BCUT2D eigenvalue weighted by Gasteiger charge is 2.35. The highest BCUT2D eigenvalue weighted by atomic mass is 19.1. The summed E-state index contributed by atoms with van der Waals surface area (Å²) < 4.78 is 12.6. The van der Waals surface area contributed by atoms with Crippen molar-refractivity contribution in [3.8, 4) is 0 Å². The van der Waals surface area contributed by atoms with Gasteiger partial charge in [-0.2, -0.15) is 0 Å². The van der Waals surface area contributed by atoms with E-state index in [4.69, 9.17) is 0 Å². The molecule has 0 bridgehead atoms. The summed E-state index contributed by atoms with van der Waals surface area (Å²) in [5.74, 6) is 1.69. The molecule has 1 fully saturated rings. The SMILES string of the molecule is CC1CC1C1=CC=C(F)CC1. The van der Waals surface area contributed by atoms with E-state index in [-0.39, 0.29) is 5.83 Å². The molecule has 2 atom stereocenters. The van der Waals surface area contributed by atoms with Crippen LogP contribution in [0, 0.1) is 11.8 Å². The quantitative estimate of drug-likeness (QED) is 0.541. The van der Waals surface area contributed by atoms with Gasteiger partial charge in [0.25, 0.3) is 0 Å². The van der Waals surface area contributed by atoms with Crippen LogP contribution in [0.15, 0.2) is 23.6 Å². The van der Waals surface area contributed by atoms with Gasteiger partial charge in [-0.05, 0) is 30.8 Å². The van der Waals surface area contributed by atoms with E-state index >= 15 is 0 Å². The van der Waals surface area contributed by atoms with Crippen molar-refractivity contribution in [2.24, 2.45) is 11.8 Å². The topological polar surface area (TPSA) is 0 Å². The smallest absolute Gasteiger partial charge is 0.100 e. The van der Waals surface area contributed by atoms with Gasteiger partial charge in [0.15, 0.2) is 0 Å². The summed E-state index contributed by atoms with van der Waals surface area (Å²) in [6, 6.07) is 0. The molecule has 60 valence electrons. The average molecular weight is 152 g/mol. The third-order valence-corrected chi connectivity index (χ3v) is 2.72. The van der Waals surface area contributed by atoms with Crippen LogP contribution in [0.5, 0.6) is 0 Å². The van der Waals surface area contributed by atoms with E-state index < -0.39 is 0 Å². The van der Waals surface area contributed by atoms with Gasteiger partial charge in [-0.1, -0.05) is 18.6 Å². The van der Waals surface area contributed by atoms with Gasteiger partial charge >= 0.3 is 0 Å². The van der Waals surface area contributed by atoms with E-state index in [0.717, 1.165) is 18.3 Å². The van der Waals surface area contributed by atoms with E-state index in [0.29, 0.717) is 6.42 Å². The van der Waals surface area contributed by atoms with Crippen LogP contribution in [0.4, 0.5) is 4.39 Å². The van der Waals surface area contributed by atoms with Gasteiger partial charge in [-0.3, -0.25) is 0 Å². The largest absolute Gasteiger partial charge is 0.212 e. The van der Waals surface area contributed by atoms with Crippen molar-refractivity contribution in [2.45, 2.75) is 26.2 Å². The first-order valence-electron chi connectivity index (χ1n) is 4.32. The number of halogens is 1. The second kappa shape index (κ2) is 2.47. The lowest BCUT2D eigenvalue weighted by molar-refractivity contribution is 0.574. The molecule has 0 heterocycles. The minimum absolute atomic E-state index is 0.0436. The summed E-state index contributed by atoms with van der Waals surface area (Å²) in [4.78, 5) is 0. The molecular formula is C10H13F. The van der Waals surface area contributed by atoms with Crippen LogP contribution in [-0.4, -0.2) is 0 Å². The standard InChI is InChI=1S/C10H13F/c1-7-6-10(7)8-2-4-9(11)5-3-8/h2,4,7,10H,3,5-6H2,1H3. The summed E-state index contributed by atoms with van der Waals surface area (Å²) in [6.07, 6.45) is 6.52. The van der Waals surface area contributed by atoms with Crippen molar-refractivity contribution in [1.82, 2.24) is 0 Å². The van der Waals surface area contributed by atoms with Gasteiger partial charge in [0.05, 0.1) is 0 Å². The molecule has 0 N–H and O–H groups in total. The average Bonchev–Trinajstić information content (AvgIpc) is 2.69. The lowest BCUT2D eigenvalue weighted by Crippen LogP contribution is -1.93. The summed E-state index contributed by atoms with van der Waals surface area (Å²) in [5, 5.41) is 0. The van der Waals surface area contributed by atoms with Gasteiger partial charge < -0.3 is 0 Å². The fourth-order valence-electron chi connectivity index (χ4n) is 1.78.